The van der Waals surface area contributed by atoms with E-state index in [1.54, 1.807) is 0 Å². The Bertz CT molecular complexity index is 589. The van der Waals surface area contributed by atoms with Crippen LogP contribution in [0.4, 0.5) is 5.13 Å². The largest absolute Gasteiger partial charge is 0.480 e. The Morgan fingerprint density at radius 3 is 3.11 bits per heavy atom. The van der Waals surface area contributed by atoms with Crippen LogP contribution in [0.25, 0.3) is 0 Å². The number of rotatable bonds is 3. The molecule has 4 nitrogen and oxygen atoms in total. The van der Waals surface area contributed by atoms with E-state index < -0.39 is 6.10 Å². The molecule has 1 aromatic heterocycles. The van der Waals surface area contributed by atoms with Gasteiger partial charge in [-0.2, -0.15) is 0 Å². The summed E-state index contributed by atoms with van der Waals surface area (Å²) in [4.78, 5) is 16.3. The molecule has 2 heterocycles. The highest BCUT2D eigenvalue weighted by Crippen LogP contribution is 2.29. The van der Waals surface area contributed by atoms with E-state index in [2.05, 4.69) is 10.3 Å². The monoisotopic (exact) mass is 294 g/mol. The lowest BCUT2D eigenvalue weighted by atomic mass is 10.1. The Balaban J connectivity index is 1.66. The number of aromatic nitrogens is 1. The third-order valence-electron chi connectivity index (χ3n) is 2.86. The second-order valence-electron chi connectivity index (χ2n) is 4.19. The number of benzene rings is 1. The van der Waals surface area contributed by atoms with Gasteiger partial charge >= 0.3 is 0 Å². The highest BCUT2D eigenvalue weighted by atomic mass is 35.5. The van der Waals surface area contributed by atoms with Gasteiger partial charge in [-0.25, -0.2) is 4.98 Å². The first-order valence-electron chi connectivity index (χ1n) is 5.82. The maximum absolute atomic E-state index is 12.1. The van der Waals surface area contributed by atoms with Crippen LogP contribution >= 0.6 is 22.9 Å². The number of hydrogen-bond donors (Lipinski definition) is 1. The summed E-state index contributed by atoms with van der Waals surface area (Å²) in [6.45, 7) is 0. The normalized spacial score (nSPS) is 16.8. The number of nitrogens with one attached hydrogen (secondary N) is 1. The number of hydrogen-bond acceptors (Lipinski definition) is 4. The molecule has 0 radical (unpaired) electrons. The van der Waals surface area contributed by atoms with Gasteiger partial charge in [-0.1, -0.05) is 18.2 Å². The standard InChI is InChI=1S/C13H11ClN2O2S/c14-6-9-7-19-13(15-9)16-12(17)11-5-8-3-1-2-4-10(8)18-11/h1-4,7,11H,5-6H2,(H,15,16,17). The molecule has 1 aromatic carbocycles. The number of fused-ring (bicyclic) bond motifs is 1. The van der Waals surface area contributed by atoms with Crippen LogP contribution in [0.15, 0.2) is 29.6 Å². The molecular formula is C13H11ClN2O2S. The van der Waals surface area contributed by atoms with Crippen molar-refractivity contribution < 1.29 is 9.53 Å². The zero-order valence-corrected chi connectivity index (χ0v) is 11.5. The first kappa shape index (κ1) is 12.4. The number of amides is 1. The minimum absolute atomic E-state index is 0.174. The van der Waals surface area contributed by atoms with E-state index in [0.717, 1.165) is 17.0 Å². The van der Waals surface area contributed by atoms with Crippen molar-refractivity contribution in [1.82, 2.24) is 4.98 Å². The average Bonchev–Trinajstić information content (AvgIpc) is 3.04. The summed E-state index contributed by atoms with van der Waals surface area (Å²) in [5.74, 6) is 0.951. The smallest absolute Gasteiger partial charge is 0.267 e. The fourth-order valence-corrected chi connectivity index (χ4v) is 2.88. The lowest BCUT2D eigenvalue weighted by Gasteiger charge is -2.09. The van der Waals surface area contributed by atoms with Crippen LogP contribution in [0.3, 0.4) is 0 Å². The highest BCUT2D eigenvalue weighted by molar-refractivity contribution is 7.14. The van der Waals surface area contributed by atoms with Gasteiger partial charge in [0.05, 0.1) is 11.6 Å². The topological polar surface area (TPSA) is 51.2 Å². The number of halogens is 1. The van der Waals surface area contributed by atoms with E-state index >= 15 is 0 Å². The minimum Gasteiger partial charge on any atom is -0.480 e. The zero-order chi connectivity index (χ0) is 13.2. The first-order chi connectivity index (χ1) is 9.26. The van der Waals surface area contributed by atoms with Crippen molar-refractivity contribution in [3.8, 4) is 5.75 Å². The molecule has 1 N–H and O–H groups in total. The Hall–Kier alpha value is -1.59. The molecule has 6 heteroatoms. The van der Waals surface area contributed by atoms with Gasteiger partial charge in [0, 0.05) is 11.8 Å². The maximum Gasteiger partial charge on any atom is 0.267 e. The van der Waals surface area contributed by atoms with Crippen molar-refractivity contribution in [3.05, 3.63) is 40.9 Å². The maximum atomic E-state index is 12.1. The van der Waals surface area contributed by atoms with E-state index in [0.29, 0.717) is 17.4 Å². The van der Waals surface area contributed by atoms with E-state index in [1.807, 2.05) is 29.6 Å². The van der Waals surface area contributed by atoms with Crippen LogP contribution in [0.5, 0.6) is 5.75 Å². The summed E-state index contributed by atoms with van der Waals surface area (Å²) in [7, 11) is 0. The number of alkyl halides is 1. The minimum atomic E-state index is -0.485. The molecule has 19 heavy (non-hydrogen) atoms. The molecule has 1 atom stereocenters. The van der Waals surface area contributed by atoms with Gasteiger partial charge in [-0.05, 0) is 11.6 Å². The highest BCUT2D eigenvalue weighted by Gasteiger charge is 2.29. The van der Waals surface area contributed by atoms with Crippen molar-refractivity contribution in [2.45, 2.75) is 18.4 Å². The third kappa shape index (κ3) is 2.57. The molecule has 1 amide bonds. The van der Waals surface area contributed by atoms with Gasteiger partial charge in [-0.15, -0.1) is 22.9 Å². The Morgan fingerprint density at radius 1 is 1.53 bits per heavy atom. The number of nitrogens with zero attached hydrogens (tertiary/aromatic N) is 1. The van der Waals surface area contributed by atoms with Gasteiger partial charge < -0.3 is 4.74 Å². The number of anilines is 1. The van der Waals surface area contributed by atoms with Gasteiger partial charge in [0.2, 0.25) is 0 Å². The molecule has 3 rings (SSSR count). The number of ether oxygens (including phenoxy) is 1. The second-order valence-corrected chi connectivity index (χ2v) is 5.31. The molecule has 0 saturated carbocycles. The molecule has 1 unspecified atom stereocenters. The third-order valence-corrected chi connectivity index (χ3v) is 3.94. The lowest BCUT2D eigenvalue weighted by molar-refractivity contribution is -0.122. The molecule has 1 aliphatic heterocycles. The van der Waals surface area contributed by atoms with Crippen molar-refractivity contribution in [2.75, 3.05) is 5.32 Å². The molecule has 0 saturated heterocycles. The summed E-state index contributed by atoms with van der Waals surface area (Å²) >= 11 is 7.03. The van der Waals surface area contributed by atoms with Crippen LogP contribution < -0.4 is 10.1 Å². The van der Waals surface area contributed by atoms with Crippen LogP contribution in [-0.4, -0.2) is 17.0 Å². The van der Waals surface area contributed by atoms with Crippen molar-refractivity contribution in [1.29, 1.82) is 0 Å². The first-order valence-corrected chi connectivity index (χ1v) is 7.23. The van der Waals surface area contributed by atoms with Crippen LogP contribution in [0, 0.1) is 0 Å². The lowest BCUT2D eigenvalue weighted by Crippen LogP contribution is -2.31. The number of carbonyl (C=O) groups excluding carboxylic acids is 1. The summed E-state index contributed by atoms with van der Waals surface area (Å²) in [6, 6.07) is 7.68. The predicted molar refractivity (Wildman–Crippen MR) is 74.9 cm³/mol. The van der Waals surface area contributed by atoms with Crippen LogP contribution in [0.2, 0.25) is 0 Å². The molecule has 1 aliphatic rings. The van der Waals surface area contributed by atoms with Crippen molar-refractivity contribution in [2.24, 2.45) is 0 Å². The summed E-state index contributed by atoms with van der Waals surface area (Å²) in [5, 5.41) is 5.14. The molecule has 98 valence electrons. The molecule has 2 aromatic rings. The Morgan fingerprint density at radius 2 is 2.37 bits per heavy atom. The van der Waals surface area contributed by atoms with E-state index in [-0.39, 0.29) is 5.91 Å². The SMILES string of the molecule is O=C(Nc1nc(CCl)cs1)C1Cc2ccccc2O1. The summed E-state index contributed by atoms with van der Waals surface area (Å²) < 4.78 is 5.61. The summed E-state index contributed by atoms with van der Waals surface area (Å²) in [6.07, 6.45) is 0.108. The molecule has 0 bridgehead atoms. The van der Waals surface area contributed by atoms with E-state index in [9.17, 15) is 4.79 Å². The fraction of sp³-hybridized carbons (Fsp3) is 0.231. The number of thiazole rings is 1. The Labute approximate surface area is 119 Å². The van der Waals surface area contributed by atoms with Gasteiger partial charge in [0.15, 0.2) is 11.2 Å². The quantitative estimate of drug-likeness (QED) is 0.886. The number of para-hydroxylation sites is 1. The molecule has 0 spiro atoms. The van der Waals surface area contributed by atoms with Crippen LogP contribution in [0.1, 0.15) is 11.3 Å². The van der Waals surface area contributed by atoms with Crippen molar-refractivity contribution >= 4 is 34.0 Å². The molecular weight excluding hydrogens is 284 g/mol. The summed E-state index contributed by atoms with van der Waals surface area (Å²) in [5.41, 5.74) is 1.82. The van der Waals surface area contributed by atoms with Crippen LogP contribution in [-0.2, 0) is 17.1 Å². The van der Waals surface area contributed by atoms with Crippen molar-refractivity contribution in [3.63, 3.8) is 0 Å². The number of carbonyl (C=O) groups is 1. The zero-order valence-electron chi connectivity index (χ0n) is 9.93. The fourth-order valence-electron chi connectivity index (χ4n) is 1.94. The predicted octanol–water partition coefficient (Wildman–Crippen LogP) is 2.82. The Kier molecular flexibility index (Phi) is 3.40. The van der Waals surface area contributed by atoms with Gasteiger partial charge in [-0.3, -0.25) is 10.1 Å². The van der Waals surface area contributed by atoms with E-state index in [4.69, 9.17) is 16.3 Å². The average molecular weight is 295 g/mol. The second kappa shape index (κ2) is 5.19. The molecule has 0 aliphatic carbocycles. The van der Waals surface area contributed by atoms with Gasteiger partial charge in [0.1, 0.15) is 5.75 Å². The van der Waals surface area contributed by atoms with Gasteiger partial charge in [0.25, 0.3) is 5.91 Å². The van der Waals surface area contributed by atoms with E-state index in [1.165, 1.54) is 11.3 Å². The molecule has 0 fully saturated rings.